The van der Waals surface area contributed by atoms with E-state index in [0.29, 0.717) is 0 Å². The first-order chi connectivity index (χ1) is 8.86. The SMILES string of the molecule is CN=C(NCCCOC)NCCCn1cccn1. The molecule has 18 heavy (non-hydrogen) atoms. The van der Waals surface area contributed by atoms with Crippen molar-refractivity contribution in [2.45, 2.75) is 19.4 Å². The van der Waals surface area contributed by atoms with Crippen LogP contribution in [0.2, 0.25) is 0 Å². The summed E-state index contributed by atoms with van der Waals surface area (Å²) < 4.78 is 6.91. The molecule has 1 aromatic heterocycles. The topological polar surface area (TPSA) is 63.5 Å². The molecule has 0 bridgehead atoms. The Balaban J connectivity index is 2.05. The predicted octanol–water partition coefficient (Wildman–Crippen LogP) is 0.475. The number of aliphatic imine (C=N–C) groups is 1. The van der Waals surface area contributed by atoms with Crippen molar-refractivity contribution in [3.63, 3.8) is 0 Å². The minimum Gasteiger partial charge on any atom is -0.385 e. The van der Waals surface area contributed by atoms with E-state index in [1.807, 2.05) is 16.9 Å². The van der Waals surface area contributed by atoms with Crippen LogP contribution in [0.5, 0.6) is 0 Å². The van der Waals surface area contributed by atoms with E-state index in [0.717, 1.165) is 45.0 Å². The third-order valence-corrected chi connectivity index (χ3v) is 2.46. The van der Waals surface area contributed by atoms with Crippen LogP contribution in [-0.2, 0) is 11.3 Å². The van der Waals surface area contributed by atoms with Gasteiger partial charge in [0.1, 0.15) is 0 Å². The van der Waals surface area contributed by atoms with Crippen LogP contribution in [-0.4, -0.2) is 49.6 Å². The number of hydrogen-bond donors (Lipinski definition) is 2. The molecule has 0 aromatic carbocycles. The van der Waals surface area contributed by atoms with Crippen LogP contribution >= 0.6 is 0 Å². The van der Waals surface area contributed by atoms with Gasteiger partial charge in [-0.2, -0.15) is 5.10 Å². The Bertz CT molecular complexity index is 323. The van der Waals surface area contributed by atoms with Gasteiger partial charge in [-0.15, -0.1) is 0 Å². The van der Waals surface area contributed by atoms with Crippen molar-refractivity contribution in [2.75, 3.05) is 33.9 Å². The van der Waals surface area contributed by atoms with Gasteiger partial charge < -0.3 is 15.4 Å². The number of nitrogens with one attached hydrogen (secondary N) is 2. The van der Waals surface area contributed by atoms with Crippen LogP contribution < -0.4 is 10.6 Å². The zero-order valence-corrected chi connectivity index (χ0v) is 11.2. The van der Waals surface area contributed by atoms with Crippen molar-refractivity contribution in [1.82, 2.24) is 20.4 Å². The Kier molecular flexibility index (Phi) is 7.63. The molecule has 1 heterocycles. The average Bonchev–Trinajstić information content (AvgIpc) is 2.90. The number of hydrogen-bond acceptors (Lipinski definition) is 3. The Morgan fingerprint density at radius 2 is 2.11 bits per heavy atom. The number of rotatable bonds is 8. The number of methoxy groups -OCH3 is 1. The van der Waals surface area contributed by atoms with Crippen LogP contribution in [0.15, 0.2) is 23.5 Å². The number of aromatic nitrogens is 2. The molecule has 0 fully saturated rings. The molecule has 0 aliphatic heterocycles. The second kappa shape index (κ2) is 9.47. The zero-order valence-electron chi connectivity index (χ0n) is 11.2. The van der Waals surface area contributed by atoms with Crippen molar-refractivity contribution in [3.8, 4) is 0 Å². The van der Waals surface area contributed by atoms with Gasteiger partial charge in [0.25, 0.3) is 0 Å². The molecular weight excluding hydrogens is 230 g/mol. The van der Waals surface area contributed by atoms with Crippen LogP contribution in [0.25, 0.3) is 0 Å². The first-order valence-electron chi connectivity index (χ1n) is 6.27. The average molecular weight is 253 g/mol. The van der Waals surface area contributed by atoms with Gasteiger partial charge in [0.05, 0.1) is 0 Å². The molecule has 1 aromatic rings. The number of ether oxygens (including phenoxy) is 1. The maximum atomic E-state index is 4.99. The van der Waals surface area contributed by atoms with E-state index in [1.165, 1.54) is 0 Å². The van der Waals surface area contributed by atoms with E-state index >= 15 is 0 Å². The fourth-order valence-corrected chi connectivity index (χ4v) is 1.52. The minimum atomic E-state index is 0.767. The molecule has 0 saturated carbocycles. The van der Waals surface area contributed by atoms with Crippen LogP contribution in [0.4, 0.5) is 0 Å². The summed E-state index contributed by atoms with van der Waals surface area (Å²) in [5, 5.41) is 10.7. The summed E-state index contributed by atoms with van der Waals surface area (Å²) in [7, 11) is 3.49. The van der Waals surface area contributed by atoms with Crippen molar-refractivity contribution in [1.29, 1.82) is 0 Å². The smallest absolute Gasteiger partial charge is 0.190 e. The van der Waals surface area contributed by atoms with Gasteiger partial charge in [0.15, 0.2) is 5.96 Å². The van der Waals surface area contributed by atoms with E-state index < -0.39 is 0 Å². The largest absolute Gasteiger partial charge is 0.385 e. The van der Waals surface area contributed by atoms with Gasteiger partial charge >= 0.3 is 0 Å². The lowest BCUT2D eigenvalue weighted by molar-refractivity contribution is 0.195. The maximum Gasteiger partial charge on any atom is 0.190 e. The molecular formula is C12H23N5O. The molecule has 0 aliphatic rings. The summed E-state index contributed by atoms with van der Waals surface area (Å²) in [5.74, 6) is 0.839. The summed E-state index contributed by atoms with van der Waals surface area (Å²) in [4.78, 5) is 4.15. The van der Waals surface area contributed by atoms with E-state index in [2.05, 4.69) is 20.7 Å². The predicted molar refractivity (Wildman–Crippen MR) is 72.7 cm³/mol. The zero-order chi connectivity index (χ0) is 13.1. The Morgan fingerprint density at radius 3 is 2.72 bits per heavy atom. The molecule has 6 heteroatoms. The second-order valence-electron chi connectivity index (χ2n) is 3.89. The molecule has 0 unspecified atom stereocenters. The van der Waals surface area contributed by atoms with E-state index in [9.17, 15) is 0 Å². The third-order valence-electron chi connectivity index (χ3n) is 2.46. The van der Waals surface area contributed by atoms with Gasteiger partial charge in [-0.05, 0) is 18.9 Å². The highest BCUT2D eigenvalue weighted by atomic mass is 16.5. The monoisotopic (exact) mass is 253 g/mol. The number of aryl methyl sites for hydroxylation is 1. The highest BCUT2D eigenvalue weighted by Crippen LogP contribution is 1.87. The minimum absolute atomic E-state index is 0.767. The molecule has 0 radical (unpaired) electrons. The maximum absolute atomic E-state index is 4.99. The Labute approximate surface area is 108 Å². The van der Waals surface area contributed by atoms with Crippen molar-refractivity contribution in [2.24, 2.45) is 4.99 Å². The summed E-state index contributed by atoms with van der Waals surface area (Å²) in [6.45, 7) is 3.43. The molecule has 0 saturated heterocycles. The normalized spacial score (nSPS) is 11.6. The first-order valence-corrected chi connectivity index (χ1v) is 6.27. The van der Waals surface area contributed by atoms with Gasteiger partial charge in [-0.25, -0.2) is 0 Å². The molecule has 102 valence electrons. The van der Waals surface area contributed by atoms with Gasteiger partial charge in [0.2, 0.25) is 0 Å². The molecule has 0 amide bonds. The van der Waals surface area contributed by atoms with Gasteiger partial charge in [-0.3, -0.25) is 9.67 Å². The lowest BCUT2D eigenvalue weighted by Gasteiger charge is -2.11. The summed E-state index contributed by atoms with van der Waals surface area (Å²) in [6.07, 6.45) is 5.76. The van der Waals surface area contributed by atoms with Crippen molar-refractivity contribution in [3.05, 3.63) is 18.5 Å². The van der Waals surface area contributed by atoms with E-state index in [1.54, 1.807) is 20.4 Å². The summed E-state index contributed by atoms with van der Waals surface area (Å²) >= 11 is 0. The molecule has 0 atom stereocenters. The summed E-state index contributed by atoms with van der Waals surface area (Å²) in [5.41, 5.74) is 0. The fourth-order valence-electron chi connectivity index (χ4n) is 1.52. The molecule has 0 spiro atoms. The lowest BCUT2D eigenvalue weighted by atomic mass is 10.4. The standard InChI is InChI=1S/C12H23N5O/c1-13-12(15-7-5-11-18-2)14-6-3-9-17-10-4-8-16-17/h4,8,10H,3,5-7,9,11H2,1-2H3,(H2,13,14,15). The van der Waals surface area contributed by atoms with Crippen LogP contribution in [0.1, 0.15) is 12.8 Å². The highest BCUT2D eigenvalue weighted by molar-refractivity contribution is 5.79. The number of guanidine groups is 1. The van der Waals surface area contributed by atoms with Crippen LogP contribution in [0, 0.1) is 0 Å². The molecule has 2 N–H and O–H groups in total. The van der Waals surface area contributed by atoms with E-state index in [4.69, 9.17) is 4.74 Å². The Morgan fingerprint density at radius 1 is 1.33 bits per heavy atom. The molecule has 6 nitrogen and oxygen atoms in total. The van der Waals surface area contributed by atoms with Crippen LogP contribution in [0.3, 0.4) is 0 Å². The quantitative estimate of drug-likeness (QED) is 0.402. The highest BCUT2D eigenvalue weighted by Gasteiger charge is 1.96. The van der Waals surface area contributed by atoms with Crippen molar-refractivity contribution >= 4 is 5.96 Å². The molecule has 0 aliphatic carbocycles. The second-order valence-corrected chi connectivity index (χ2v) is 3.89. The number of nitrogens with zero attached hydrogens (tertiary/aromatic N) is 3. The third kappa shape index (κ3) is 6.24. The fraction of sp³-hybridized carbons (Fsp3) is 0.667. The first kappa shape index (κ1) is 14.5. The summed E-state index contributed by atoms with van der Waals surface area (Å²) in [6, 6.07) is 1.93. The van der Waals surface area contributed by atoms with Gasteiger partial charge in [0, 0.05) is 52.8 Å². The molecule has 1 rings (SSSR count). The van der Waals surface area contributed by atoms with Crippen molar-refractivity contribution < 1.29 is 4.74 Å². The Hall–Kier alpha value is -1.56. The lowest BCUT2D eigenvalue weighted by Crippen LogP contribution is -2.38. The van der Waals surface area contributed by atoms with Gasteiger partial charge in [-0.1, -0.05) is 0 Å². The van der Waals surface area contributed by atoms with E-state index in [-0.39, 0.29) is 0 Å².